The van der Waals surface area contributed by atoms with Gasteiger partial charge in [-0.15, -0.1) is 10.2 Å². The van der Waals surface area contributed by atoms with E-state index in [1.807, 2.05) is 36.4 Å². The Hall–Kier alpha value is -2.74. The zero-order chi connectivity index (χ0) is 17.6. The first-order valence-electron chi connectivity index (χ1n) is 7.70. The van der Waals surface area contributed by atoms with Gasteiger partial charge in [-0.25, -0.2) is 0 Å². The molecule has 3 rings (SSSR count). The Morgan fingerprint density at radius 3 is 2.80 bits per heavy atom. The van der Waals surface area contributed by atoms with Crippen LogP contribution in [0.15, 0.2) is 52.2 Å². The van der Waals surface area contributed by atoms with Gasteiger partial charge >= 0.3 is 0 Å². The summed E-state index contributed by atoms with van der Waals surface area (Å²) in [6.45, 7) is 2.25. The molecule has 0 aliphatic carbocycles. The predicted molar refractivity (Wildman–Crippen MR) is 94.2 cm³/mol. The first-order chi connectivity index (χ1) is 12.2. The molecule has 0 fully saturated rings. The number of nitrogens with one attached hydrogen (secondary N) is 2. The Kier molecular flexibility index (Phi) is 5.39. The molecule has 0 saturated carbocycles. The summed E-state index contributed by atoms with van der Waals surface area (Å²) >= 11 is 1.22. The minimum Gasteiger partial charge on any atom is -0.497 e. The SMILES string of the molecule is COc1ccc(CNC(=O)[C@H](C)Sc2nnc(-c3ccc[nH]3)o2)cc1. The second kappa shape index (κ2) is 7.89. The van der Waals surface area contributed by atoms with E-state index in [1.54, 1.807) is 20.2 Å². The summed E-state index contributed by atoms with van der Waals surface area (Å²) in [6, 6.07) is 11.2. The third-order valence-corrected chi connectivity index (χ3v) is 4.44. The molecule has 0 bridgehead atoms. The lowest BCUT2D eigenvalue weighted by molar-refractivity contribution is -0.120. The monoisotopic (exact) mass is 358 g/mol. The van der Waals surface area contributed by atoms with E-state index in [0.29, 0.717) is 17.7 Å². The maximum Gasteiger partial charge on any atom is 0.277 e. The van der Waals surface area contributed by atoms with Gasteiger partial charge in [-0.1, -0.05) is 23.9 Å². The van der Waals surface area contributed by atoms with Crippen molar-refractivity contribution in [3.05, 3.63) is 48.2 Å². The van der Waals surface area contributed by atoms with E-state index < -0.39 is 0 Å². The molecule has 1 amide bonds. The number of thioether (sulfide) groups is 1. The fourth-order valence-electron chi connectivity index (χ4n) is 2.11. The van der Waals surface area contributed by atoms with Gasteiger partial charge in [0.2, 0.25) is 5.91 Å². The van der Waals surface area contributed by atoms with Crippen LogP contribution in [0.3, 0.4) is 0 Å². The highest BCUT2D eigenvalue weighted by Crippen LogP contribution is 2.25. The number of ether oxygens (including phenoxy) is 1. The Labute approximate surface area is 149 Å². The Morgan fingerprint density at radius 2 is 2.12 bits per heavy atom. The lowest BCUT2D eigenvalue weighted by Gasteiger charge is -2.10. The average molecular weight is 358 g/mol. The molecule has 0 spiro atoms. The number of aromatic amines is 1. The van der Waals surface area contributed by atoms with E-state index in [1.165, 1.54) is 11.8 Å². The summed E-state index contributed by atoms with van der Waals surface area (Å²) in [5.41, 5.74) is 1.74. The second-order valence-electron chi connectivity index (χ2n) is 5.28. The number of nitrogens with zero attached hydrogens (tertiary/aromatic N) is 2. The van der Waals surface area contributed by atoms with E-state index >= 15 is 0 Å². The number of carbonyl (C=O) groups excluding carboxylic acids is 1. The lowest BCUT2D eigenvalue weighted by atomic mass is 10.2. The van der Waals surface area contributed by atoms with E-state index in [9.17, 15) is 4.79 Å². The standard InChI is InChI=1S/C17H18N4O3S/c1-11(15(22)19-10-12-5-7-13(23-2)8-6-12)25-17-21-20-16(24-17)14-4-3-9-18-14/h3-9,11,18H,10H2,1-2H3,(H,19,22)/t11-/m0/s1. The third kappa shape index (κ3) is 4.42. The van der Waals surface area contributed by atoms with Crippen LogP contribution in [0.25, 0.3) is 11.6 Å². The van der Waals surface area contributed by atoms with Crippen molar-refractivity contribution < 1.29 is 13.9 Å². The molecule has 25 heavy (non-hydrogen) atoms. The number of benzene rings is 1. The molecule has 2 aromatic heterocycles. The largest absolute Gasteiger partial charge is 0.497 e. The van der Waals surface area contributed by atoms with Gasteiger partial charge in [-0.3, -0.25) is 4.79 Å². The molecule has 8 heteroatoms. The van der Waals surface area contributed by atoms with Crippen molar-refractivity contribution in [2.45, 2.75) is 23.9 Å². The van der Waals surface area contributed by atoms with E-state index in [0.717, 1.165) is 17.0 Å². The van der Waals surface area contributed by atoms with Crippen molar-refractivity contribution in [3.8, 4) is 17.3 Å². The maximum atomic E-state index is 12.2. The Morgan fingerprint density at radius 1 is 1.32 bits per heavy atom. The second-order valence-corrected chi connectivity index (χ2v) is 6.57. The summed E-state index contributed by atoms with van der Waals surface area (Å²) in [4.78, 5) is 15.2. The quantitative estimate of drug-likeness (QED) is 0.631. The minimum atomic E-state index is -0.352. The van der Waals surface area contributed by atoms with Crippen LogP contribution in [0.4, 0.5) is 0 Å². The molecular weight excluding hydrogens is 340 g/mol. The van der Waals surface area contributed by atoms with Crippen LogP contribution in [0.1, 0.15) is 12.5 Å². The van der Waals surface area contributed by atoms with Crippen molar-refractivity contribution in [3.63, 3.8) is 0 Å². The lowest BCUT2D eigenvalue weighted by Crippen LogP contribution is -2.30. The highest BCUT2D eigenvalue weighted by molar-refractivity contribution is 8.00. The number of aromatic nitrogens is 3. The third-order valence-electron chi connectivity index (χ3n) is 3.51. The van der Waals surface area contributed by atoms with Crippen molar-refractivity contribution in [1.82, 2.24) is 20.5 Å². The summed E-state index contributed by atoms with van der Waals surface area (Å²) in [7, 11) is 1.62. The normalized spacial score (nSPS) is 11.9. The molecule has 2 N–H and O–H groups in total. The highest BCUT2D eigenvalue weighted by atomic mass is 32.2. The van der Waals surface area contributed by atoms with E-state index in [4.69, 9.17) is 9.15 Å². The molecule has 130 valence electrons. The van der Waals surface area contributed by atoms with Gasteiger partial charge in [-0.05, 0) is 36.8 Å². The first-order valence-corrected chi connectivity index (χ1v) is 8.58. The van der Waals surface area contributed by atoms with Gasteiger partial charge in [0.1, 0.15) is 11.4 Å². The Bertz CT molecular complexity index is 815. The van der Waals surface area contributed by atoms with Gasteiger partial charge in [0.15, 0.2) is 0 Å². The van der Waals surface area contributed by atoms with Gasteiger partial charge < -0.3 is 19.5 Å². The molecule has 2 heterocycles. The fourth-order valence-corrected chi connectivity index (χ4v) is 2.82. The van der Waals surface area contributed by atoms with Crippen LogP contribution in [-0.2, 0) is 11.3 Å². The number of hydrogen-bond acceptors (Lipinski definition) is 6. The molecule has 3 aromatic rings. The van der Waals surface area contributed by atoms with Crippen molar-refractivity contribution in [1.29, 1.82) is 0 Å². The van der Waals surface area contributed by atoms with E-state index in [-0.39, 0.29) is 11.2 Å². The number of H-pyrrole nitrogens is 1. The number of hydrogen-bond donors (Lipinski definition) is 2. The summed E-state index contributed by atoms with van der Waals surface area (Å²) in [5.74, 6) is 1.09. The summed E-state index contributed by atoms with van der Waals surface area (Å²) in [5, 5.41) is 10.8. The van der Waals surface area contributed by atoms with Gasteiger partial charge in [0.05, 0.1) is 12.4 Å². The van der Waals surface area contributed by atoms with Crippen LogP contribution in [0.5, 0.6) is 5.75 Å². The smallest absolute Gasteiger partial charge is 0.277 e. The zero-order valence-electron chi connectivity index (χ0n) is 13.9. The molecule has 0 radical (unpaired) electrons. The number of methoxy groups -OCH3 is 1. The molecule has 1 aromatic carbocycles. The van der Waals surface area contributed by atoms with Gasteiger partial charge in [0.25, 0.3) is 11.1 Å². The van der Waals surface area contributed by atoms with Crippen molar-refractivity contribution >= 4 is 17.7 Å². The van der Waals surface area contributed by atoms with Crippen LogP contribution in [-0.4, -0.2) is 33.4 Å². The number of rotatable bonds is 7. The first kappa shape index (κ1) is 17.1. The summed E-state index contributed by atoms with van der Waals surface area (Å²) < 4.78 is 10.7. The molecule has 0 unspecified atom stereocenters. The molecule has 0 aliphatic rings. The average Bonchev–Trinajstić information content (AvgIpc) is 3.31. The van der Waals surface area contributed by atoms with Crippen LogP contribution in [0, 0.1) is 0 Å². The number of carbonyl (C=O) groups is 1. The molecule has 1 atom stereocenters. The molecule has 0 saturated heterocycles. The van der Waals surface area contributed by atoms with Crippen LogP contribution >= 0.6 is 11.8 Å². The summed E-state index contributed by atoms with van der Waals surface area (Å²) in [6.07, 6.45) is 1.78. The number of amides is 1. The fraction of sp³-hybridized carbons (Fsp3) is 0.235. The molecule has 0 aliphatic heterocycles. The van der Waals surface area contributed by atoms with Crippen molar-refractivity contribution in [2.75, 3.05) is 7.11 Å². The zero-order valence-corrected chi connectivity index (χ0v) is 14.7. The predicted octanol–water partition coefficient (Wildman–Crippen LogP) is 2.87. The highest BCUT2D eigenvalue weighted by Gasteiger charge is 2.18. The molecular formula is C17H18N4O3S. The van der Waals surface area contributed by atoms with Gasteiger partial charge in [-0.2, -0.15) is 0 Å². The molecule has 7 nitrogen and oxygen atoms in total. The Balaban J connectivity index is 1.52. The maximum absolute atomic E-state index is 12.2. The van der Waals surface area contributed by atoms with Crippen molar-refractivity contribution in [2.24, 2.45) is 0 Å². The van der Waals surface area contributed by atoms with Crippen LogP contribution in [0.2, 0.25) is 0 Å². The minimum absolute atomic E-state index is 0.0968. The van der Waals surface area contributed by atoms with Crippen LogP contribution < -0.4 is 10.1 Å². The van der Waals surface area contributed by atoms with E-state index in [2.05, 4.69) is 20.5 Å². The topological polar surface area (TPSA) is 93.0 Å². The van der Waals surface area contributed by atoms with Gasteiger partial charge in [0, 0.05) is 12.7 Å².